The van der Waals surface area contributed by atoms with Crippen LogP contribution in [-0.2, 0) is 217 Å². The number of nitrogens with one attached hydrogen (secondary N) is 5. The van der Waals surface area contributed by atoms with Crippen LogP contribution in [-0.4, -0.2) is 412 Å². The number of ether oxygens (including phenoxy) is 17. The number of aliphatic hydroxyl groups is 8. The first-order valence-corrected chi connectivity index (χ1v) is 50.1. The molecular weight excluding hydrogens is 2440 g/mol. The van der Waals surface area contributed by atoms with E-state index in [0.29, 0.717) is 6.42 Å². The van der Waals surface area contributed by atoms with Crippen molar-refractivity contribution in [1.82, 2.24) is 23.6 Å². The molecule has 0 aromatic rings. The van der Waals surface area contributed by atoms with E-state index in [1.54, 1.807) is 0 Å². The maximum Gasteiger partial charge on any atom is 1.00 e. The fourth-order valence-corrected chi connectivity index (χ4v) is 16.6. The second-order valence-electron chi connectivity index (χ2n) is 27.7. The van der Waals surface area contributed by atoms with Gasteiger partial charge in [-0.25, -0.2) is 102 Å². The number of hydrogen-bond donors (Lipinski definition) is 16. The van der Waals surface area contributed by atoms with Crippen LogP contribution in [0.5, 0.6) is 0 Å². The van der Waals surface area contributed by atoms with Gasteiger partial charge in [-0.1, -0.05) is 6.92 Å². The largest absolute Gasteiger partial charge is 1.00 e. The summed E-state index contributed by atoms with van der Waals surface area (Å²) < 4.78 is 393. The van der Waals surface area contributed by atoms with E-state index in [4.69, 9.17) is 133 Å². The zero-order chi connectivity index (χ0) is 103. The van der Waals surface area contributed by atoms with E-state index in [1.165, 1.54) is 27.7 Å². The van der Waals surface area contributed by atoms with Gasteiger partial charge in [0.15, 0.2) is 31.5 Å². The summed E-state index contributed by atoms with van der Waals surface area (Å²) in [6.07, 6.45) is -55.3. The first kappa shape index (κ1) is 175. The minimum Gasteiger partial charge on any atom is -0.726 e. The maximum atomic E-state index is 12.3. The van der Waals surface area contributed by atoms with Gasteiger partial charge in [-0.15, -0.1) is 0 Å². The normalized spacial score (nSPS) is 34.8. The van der Waals surface area contributed by atoms with Crippen molar-refractivity contribution in [2.24, 2.45) is 0 Å². The fraction of sp³-hybridized carbons (Fsp3) is 0.942. The predicted molar refractivity (Wildman–Crippen MR) is 397 cm³/mol. The number of methoxy groups -OCH3 is 1. The van der Waals surface area contributed by atoms with E-state index < -0.39 is 326 Å². The van der Waals surface area contributed by atoms with E-state index in [2.05, 4.69) is 87.2 Å². The number of hydrogen-bond acceptors (Lipinski definition) is 75. The van der Waals surface area contributed by atoms with E-state index in [9.17, 15) is 119 Å². The van der Waals surface area contributed by atoms with Gasteiger partial charge in [0.1, 0.15) is 147 Å². The van der Waals surface area contributed by atoms with Gasteiger partial charge in [-0.2, -0.15) is 21.7 Å². The van der Waals surface area contributed by atoms with Crippen LogP contribution in [0.3, 0.4) is 0 Å². The Labute approximate surface area is 1140 Å². The third-order valence-electron chi connectivity index (χ3n) is 18.5. The van der Waals surface area contributed by atoms with Crippen LogP contribution in [0, 0.1) is 19.3 Å². The molecule has 97 heteroatoms. The molecule has 149 heavy (non-hydrogen) atoms. The SMILES string of the molecule is CCCO[C@@H]1C(C)O[C@@H](O[C@@H]2C(COS(=O)(=O)[O-])O[C@@H](O[C@H]3C(C)O[C@@H](O[C@@H]4C(COS(=O)(=O)[O-])O[C@@H](O[C@H]5C(C)O[C@@H](O[C@@H]6C(COS(=O)(=O)[O-])O[C@@H](O[C@H]7C(C)O[C@@H](O[C@@H]8C(COS(=O)(=O)[O-])O[C@@H](OC)C(NSOO[O-])[C@H]8O)C(NSOO[O-])[C@@H]7O)C(NSOO[O-])[C@H]6O)[CH-][C@@H]5O)C(NSOO[O-])[C@H]4O)[CH-][C@@H]3O)C(NSOO[O-])[C@H]2O)[CH-][C@@H]1O.O=S(=O)([O-])O.O=S(=O)([O-])O.O=S(=O)([O-])O.[Na+].[Na+].[Na+].[Na+].[Na+].[Na+].[Na+].[Na+].[Na+].[Na+].[Na+].[Na+]. The summed E-state index contributed by atoms with van der Waals surface area (Å²) in [5.41, 5.74) is 0. The molecule has 0 bridgehead atoms. The van der Waals surface area contributed by atoms with Gasteiger partial charge in [0.2, 0.25) is 72.8 Å². The second-order valence-corrected chi connectivity index (χ2v) is 37.1. The van der Waals surface area contributed by atoms with E-state index in [0.717, 1.165) is 26.4 Å². The van der Waals surface area contributed by atoms with Crippen molar-refractivity contribution in [3.63, 3.8) is 0 Å². The van der Waals surface area contributed by atoms with Crippen LogP contribution in [0.2, 0.25) is 0 Å². The molecule has 814 valence electrons. The topological polar surface area (TPSA) is 1080 Å². The predicted octanol–water partition coefficient (Wildman–Crippen LogP) is -53.8. The first-order chi connectivity index (χ1) is 63.6. The zero-order valence-electron chi connectivity index (χ0n) is 80.9. The molecule has 8 heterocycles. The summed E-state index contributed by atoms with van der Waals surface area (Å²) >= 11 is -0.0792. The van der Waals surface area contributed by atoms with Crippen LogP contribution in [0.25, 0.3) is 0 Å². The van der Waals surface area contributed by atoms with Gasteiger partial charge < -0.3 is 180 Å². The molecule has 0 saturated carbocycles. The smallest absolute Gasteiger partial charge is 0.726 e. The average Bonchev–Trinajstić information content (AvgIpc) is 0.743. The summed E-state index contributed by atoms with van der Waals surface area (Å²) in [5.74, 6) is 0. The van der Waals surface area contributed by atoms with Gasteiger partial charge in [0, 0.05) is 32.6 Å². The van der Waals surface area contributed by atoms with E-state index in [1.807, 2.05) is 6.92 Å². The third-order valence-corrected chi connectivity index (χ3v) is 22.7. The Morgan fingerprint density at radius 1 is 0.295 bits per heavy atom. The van der Waals surface area contributed by atoms with Gasteiger partial charge in [0.05, 0.1) is 99.4 Å². The first-order valence-electron chi connectivity index (χ1n) is 37.0. The Hall–Kier alpha value is 11.0. The summed E-state index contributed by atoms with van der Waals surface area (Å²) in [4.78, 5) is 0. The standard InChI is InChI=1S/C52H92N5O56S9.12Na.3H2O4S/c1-7-8-84-40-16(2)89-27(9-20(40)58)97-44-23(12-85-119(71,72)73)94-50(32(37(44)63)55-116-111-106-68)100-41-17(3)90-28(10-21(41)59)98-45-24(13-86-120(74,75)76)95-51(33(38(45)64)56-117-112-107-69)101-42-18(4)91-29(11-22(42)60)99-46-25(14-87-121(77,78)79)96-52(34(39(46)65)57-118-113-108-70)102-43-19(5)92-49(31(35(43)61)54-115-110-105-67)103-47-26(15-88-122(80,81)82)93-48(83-6)30(36(47)62)53-114-109-104-66;;;;;;;;;;;;;3*1-5(2,3)4/h9-11,16-70H,7-8,12-15H2,1-6H3,(H,71,72,73)(H,74,75,76)(H,77,78,79)(H,80,81,82);;;;;;;;;;;;;3*(H2,1,2,3,4)/q-3;12*+1;;;/p-12/t16?,17?,18?,19?,20-,21-,22-,23?,24?,25?,26?,27-,28-,29-,30?,31?,32?,33?,34?,35-,36+,37+,38+,39+,40+,41-,42-,43-,44+,45+,46+,47+,48+,49-,50-,51-,52-;;;;;;;;;;;;;;;/m0.............../s1. The summed E-state index contributed by atoms with van der Waals surface area (Å²) in [7, 11) is -36.2. The molecule has 8 fully saturated rings. The van der Waals surface area contributed by atoms with Crippen LogP contribution < -0.4 is 405 Å². The minimum atomic E-state index is -5.72. The zero-order valence-corrected chi connectivity index (χ0v) is 115. The molecule has 0 aromatic carbocycles. The average molecular weight is 2530 g/mol. The van der Waals surface area contributed by atoms with E-state index >= 15 is 0 Å². The molecule has 0 amide bonds. The monoisotopic (exact) mass is 2530 g/mol. The number of rotatable bonds is 50. The molecule has 8 saturated heterocycles. The molecule has 37 atom stereocenters. The fourth-order valence-electron chi connectivity index (χ4n) is 13.3. The molecular formula is C52H86N5Na12O68S12-3. The Morgan fingerprint density at radius 2 is 0.490 bits per heavy atom. The molecule has 8 aliphatic heterocycles. The van der Waals surface area contributed by atoms with Crippen molar-refractivity contribution >= 4 is 134 Å². The maximum absolute atomic E-state index is 12.3. The van der Waals surface area contributed by atoms with Crippen LogP contribution in [0.15, 0.2) is 0 Å². The quantitative estimate of drug-likeness (QED) is 0.00309. The van der Waals surface area contributed by atoms with Crippen molar-refractivity contribution in [1.29, 1.82) is 0 Å². The molecule has 0 aliphatic carbocycles. The Bertz CT molecular complexity index is 4240. The van der Waals surface area contributed by atoms with Gasteiger partial charge in [-0.05, 0) is 52.4 Å². The molecule has 0 aromatic heterocycles. The Morgan fingerprint density at radius 3 is 0.711 bits per heavy atom. The van der Waals surface area contributed by atoms with Crippen LogP contribution in [0.1, 0.15) is 41.0 Å². The Balaban J connectivity index is -0.00000114. The Kier molecular flexibility index (Phi) is 102. The molecule has 73 nitrogen and oxygen atoms in total. The summed E-state index contributed by atoms with van der Waals surface area (Å²) in [5, 5.41) is 166. The van der Waals surface area contributed by atoms with Crippen molar-refractivity contribution < 1.29 is 670 Å². The van der Waals surface area contributed by atoms with Crippen molar-refractivity contribution in [2.75, 3.05) is 40.1 Å². The molecule has 13 unspecified atom stereocenters. The number of aliphatic hydroxyl groups excluding tert-OH is 8. The van der Waals surface area contributed by atoms with Gasteiger partial charge in [0.25, 0.3) is 0 Å². The molecule has 8 rings (SSSR count). The molecule has 16 N–H and O–H groups in total. The van der Waals surface area contributed by atoms with Crippen molar-refractivity contribution in [3.8, 4) is 0 Å². The van der Waals surface area contributed by atoms with Gasteiger partial charge in [-0.3, -0.25) is 55.6 Å². The van der Waals surface area contributed by atoms with Crippen LogP contribution in [0.4, 0.5) is 0 Å². The minimum absolute atomic E-state index is 0. The summed E-state index contributed by atoms with van der Waals surface area (Å²) in [6.45, 7) is 1.97. The molecule has 0 spiro atoms. The van der Waals surface area contributed by atoms with E-state index in [-0.39, 0.29) is 422 Å². The summed E-state index contributed by atoms with van der Waals surface area (Å²) in [6, 6.07) is -8.93. The molecule has 8 aliphatic rings. The molecule has 0 radical (unpaired) electrons. The van der Waals surface area contributed by atoms with Crippen molar-refractivity contribution in [2.45, 2.75) is 268 Å². The van der Waals surface area contributed by atoms with Crippen molar-refractivity contribution in [3.05, 3.63) is 19.3 Å². The third kappa shape index (κ3) is 67.0. The van der Waals surface area contributed by atoms with Gasteiger partial charge >= 0.3 is 355 Å². The van der Waals surface area contributed by atoms with Crippen LogP contribution >= 0.6 is 61.1 Å². The second kappa shape index (κ2) is 86.7.